The van der Waals surface area contributed by atoms with Gasteiger partial charge in [0.2, 0.25) is 0 Å². The predicted octanol–water partition coefficient (Wildman–Crippen LogP) is 6.64. The Hall–Kier alpha value is -2.13. The van der Waals surface area contributed by atoms with E-state index in [1.807, 2.05) is 20.8 Å². The number of esters is 1. The summed E-state index contributed by atoms with van der Waals surface area (Å²) in [6.07, 6.45) is 2.09. The van der Waals surface area contributed by atoms with Gasteiger partial charge >= 0.3 is 5.97 Å². The number of ether oxygens (including phenoxy) is 1. The fourth-order valence-corrected chi connectivity index (χ4v) is 5.09. The molecule has 0 saturated heterocycles. The zero-order valence-corrected chi connectivity index (χ0v) is 20.0. The summed E-state index contributed by atoms with van der Waals surface area (Å²) in [5.41, 5.74) is 2.09. The van der Waals surface area contributed by atoms with Crippen LogP contribution in [0.15, 0.2) is 60.7 Å². The van der Waals surface area contributed by atoms with Crippen molar-refractivity contribution in [3.8, 4) is 0 Å². The van der Waals surface area contributed by atoms with Gasteiger partial charge in [-0.15, -0.1) is 0 Å². The quantitative estimate of drug-likeness (QED) is 0.469. The lowest BCUT2D eigenvalue weighted by molar-refractivity contribution is -0.164. The lowest BCUT2D eigenvalue weighted by Gasteiger charge is -2.39. The van der Waals surface area contributed by atoms with Crippen LogP contribution < -0.4 is 0 Å². The van der Waals surface area contributed by atoms with Crippen LogP contribution >= 0.6 is 0 Å². The minimum absolute atomic E-state index is 0.0352. The molecule has 1 aliphatic rings. The third-order valence-electron chi connectivity index (χ3n) is 6.62. The van der Waals surface area contributed by atoms with Crippen LogP contribution in [0.25, 0.3) is 0 Å². The van der Waals surface area contributed by atoms with Crippen LogP contribution in [0.1, 0.15) is 71.6 Å². The van der Waals surface area contributed by atoms with Crippen molar-refractivity contribution in [2.45, 2.75) is 78.6 Å². The van der Waals surface area contributed by atoms with E-state index in [0.717, 1.165) is 19.4 Å². The van der Waals surface area contributed by atoms with Gasteiger partial charge in [-0.25, -0.2) is 0 Å². The first kappa shape index (κ1) is 23.5. The van der Waals surface area contributed by atoms with E-state index < -0.39 is 5.60 Å². The molecule has 0 aliphatic heterocycles. The van der Waals surface area contributed by atoms with Gasteiger partial charge in [-0.3, -0.25) is 9.69 Å². The average Bonchev–Trinajstić information content (AvgIpc) is 3.17. The first-order chi connectivity index (χ1) is 14.7. The first-order valence-corrected chi connectivity index (χ1v) is 11.7. The highest BCUT2D eigenvalue weighted by molar-refractivity contribution is 5.74. The molecule has 1 aliphatic carbocycles. The molecule has 2 aromatic rings. The number of rotatable bonds is 7. The molecule has 0 aromatic heterocycles. The van der Waals surface area contributed by atoms with E-state index in [0.29, 0.717) is 11.8 Å². The van der Waals surface area contributed by atoms with Gasteiger partial charge in [0, 0.05) is 18.6 Å². The molecule has 3 rings (SSSR count). The first-order valence-electron chi connectivity index (χ1n) is 11.7. The summed E-state index contributed by atoms with van der Waals surface area (Å²) in [5.74, 6) is 0.662. The number of hydrogen-bond acceptors (Lipinski definition) is 3. The van der Waals surface area contributed by atoms with Crippen molar-refractivity contribution >= 4 is 5.97 Å². The van der Waals surface area contributed by atoms with Crippen LogP contribution in [0, 0.1) is 17.8 Å². The van der Waals surface area contributed by atoms with Crippen molar-refractivity contribution < 1.29 is 9.53 Å². The fraction of sp³-hybridized carbons (Fsp3) is 0.536. The maximum Gasteiger partial charge on any atom is 0.311 e. The van der Waals surface area contributed by atoms with Gasteiger partial charge in [0.15, 0.2) is 0 Å². The smallest absolute Gasteiger partial charge is 0.311 e. The number of benzene rings is 2. The highest BCUT2D eigenvalue weighted by Crippen LogP contribution is 2.44. The van der Waals surface area contributed by atoms with Crippen LogP contribution in [0.5, 0.6) is 0 Å². The van der Waals surface area contributed by atoms with Crippen molar-refractivity contribution in [3.63, 3.8) is 0 Å². The normalized spacial score (nSPS) is 22.6. The second-order valence-electron chi connectivity index (χ2n) is 10.4. The monoisotopic (exact) mass is 421 g/mol. The van der Waals surface area contributed by atoms with E-state index in [4.69, 9.17) is 4.74 Å². The van der Waals surface area contributed by atoms with Crippen LogP contribution in [-0.4, -0.2) is 22.5 Å². The zero-order valence-electron chi connectivity index (χ0n) is 20.0. The third-order valence-corrected chi connectivity index (χ3v) is 6.62. The molecule has 0 unspecified atom stereocenters. The van der Waals surface area contributed by atoms with Crippen molar-refractivity contribution in [2.75, 3.05) is 0 Å². The van der Waals surface area contributed by atoms with Gasteiger partial charge in [-0.05, 0) is 63.5 Å². The summed E-state index contributed by atoms with van der Waals surface area (Å²) in [5, 5.41) is 0. The fourth-order valence-electron chi connectivity index (χ4n) is 5.09. The topological polar surface area (TPSA) is 29.5 Å². The number of carbonyl (C=O) groups is 1. The van der Waals surface area contributed by atoms with Crippen molar-refractivity contribution in [3.05, 3.63) is 71.8 Å². The lowest BCUT2D eigenvalue weighted by Crippen LogP contribution is -2.45. The summed E-state index contributed by atoms with van der Waals surface area (Å²) >= 11 is 0. The number of carbonyl (C=O) groups excluding carboxylic acids is 1. The second kappa shape index (κ2) is 9.99. The van der Waals surface area contributed by atoms with Crippen LogP contribution in [0.4, 0.5) is 0 Å². The van der Waals surface area contributed by atoms with E-state index >= 15 is 0 Å². The van der Waals surface area contributed by atoms with Crippen LogP contribution in [-0.2, 0) is 16.1 Å². The molecule has 3 heteroatoms. The van der Waals surface area contributed by atoms with E-state index in [9.17, 15) is 4.79 Å². The maximum atomic E-state index is 13.5. The Bertz CT molecular complexity index is 825. The SMILES string of the molecule is CC(C)[C@H]1CC[C@H](N(Cc2ccccc2)[C@@H](C)c2ccccc2)[C@@H]1C(=O)OC(C)(C)C. The summed E-state index contributed by atoms with van der Waals surface area (Å²) in [7, 11) is 0. The van der Waals surface area contributed by atoms with E-state index in [-0.39, 0.29) is 24.0 Å². The Labute approximate surface area is 188 Å². The van der Waals surface area contributed by atoms with Gasteiger partial charge in [0.25, 0.3) is 0 Å². The Morgan fingerprint density at radius 3 is 2.10 bits per heavy atom. The van der Waals surface area contributed by atoms with Crippen molar-refractivity contribution in [1.29, 1.82) is 0 Å². The number of hydrogen-bond donors (Lipinski definition) is 0. The van der Waals surface area contributed by atoms with Gasteiger partial charge in [0.1, 0.15) is 5.60 Å². The summed E-state index contributed by atoms with van der Waals surface area (Å²) in [6, 6.07) is 21.6. The van der Waals surface area contributed by atoms with Crippen LogP contribution in [0.3, 0.4) is 0 Å². The third kappa shape index (κ3) is 5.98. The molecule has 0 amide bonds. The minimum atomic E-state index is -0.471. The van der Waals surface area contributed by atoms with E-state index in [2.05, 4.69) is 86.3 Å². The minimum Gasteiger partial charge on any atom is -0.460 e. The summed E-state index contributed by atoms with van der Waals surface area (Å²) in [4.78, 5) is 16.0. The Balaban J connectivity index is 1.97. The molecule has 0 N–H and O–H groups in total. The molecule has 0 radical (unpaired) electrons. The predicted molar refractivity (Wildman–Crippen MR) is 128 cm³/mol. The Morgan fingerprint density at radius 2 is 1.55 bits per heavy atom. The molecule has 1 fully saturated rings. The molecular formula is C28H39NO2. The molecule has 1 saturated carbocycles. The van der Waals surface area contributed by atoms with E-state index in [1.54, 1.807) is 0 Å². The molecule has 2 aromatic carbocycles. The maximum absolute atomic E-state index is 13.5. The molecule has 4 atom stereocenters. The molecule has 3 nitrogen and oxygen atoms in total. The molecule has 168 valence electrons. The summed E-state index contributed by atoms with van der Waals surface area (Å²) < 4.78 is 5.95. The molecule has 0 heterocycles. The average molecular weight is 422 g/mol. The number of nitrogens with zero attached hydrogens (tertiary/aromatic N) is 1. The molecule has 0 spiro atoms. The van der Waals surface area contributed by atoms with Gasteiger partial charge in [0.05, 0.1) is 5.92 Å². The summed E-state index contributed by atoms with van der Waals surface area (Å²) in [6.45, 7) is 13.5. The lowest BCUT2D eigenvalue weighted by atomic mass is 9.83. The Kier molecular flexibility index (Phi) is 7.59. The second-order valence-corrected chi connectivity index (χ2v) is 10.4. The van der Waals surface area contributed by atoms with Gasteiger partial charge < -0.3 is 4.74 Å². The molecule has 0 bridgehead atoms. The van der Waals surface area contributed by atoms with Crippen molar-refractivity contribution in [2.24, 2.45) is 17.8 Å². The highest BCUT2D eigenvalue weighted by atomic mass is 16.6. The van der Waals surface area contributed by atoms with E-state index in [1.165, 1.54) is 11.1 Å². The zero-order chi connectivity index (χ0) is 22.6. The molecular weight excluding hydrogens is 382 g/mol. The van der Waals surface area contributed by atoms with Gasteiger partial charge in [-0.2, -0.15) is 0 Å². The molecule has 31 heavy (non-hydrogen) atoms. The highest BCUT2D eigenvalue weighted by Gasteiger charge is 2.47. The van der Waals surface area contributed by atoms with Gasteiger partial charge in [-0.1, -0.05) is 74.5 Å². The largest absolute Gasteiger partial charge is 0.460 e. The standard InChI is InChI=1S/C28H39NO2/c1-20(2)24-17-18-25(26(24)27(30)31-28(4,5)6)29(19-22-13-9-7-10-14-22)21(3)23-15-11-8-12-16-23/h7-16,20-21,24-26H,17-19H2,1-6H3/t21-,24+,25-,26+/m0/s1. The van der Waals surface area contributed by atoms with Crippen LogP contribution in [0.2, 0.25) is 0 Å². The van der Waals surface area contributed by atoms with Crippen molar-refractivity contribution in [1.82, 2.24) is 4.90 Å². The Morgan fingerprint density at radius 1 is 0.968 bits per heavy atom.